The van der Waals surface area contributed by atoms with E-state index in [4.69, 9.17) is 11.6 Å². The van der Waals surface area contributed by atoms with Crippen LogP contribution in [-0.4, -0.2) is 39.5 Å². The zero-order chi connectivity index (χ0) is 19.5. The average molecular weight is 382 g/mol. The van der Waals surface area contributed by atoms with Gasteiger partial charge in [-0.15, -0.1) is 0 Å². The van der Waals surface area contributed by atoms with Gasteiger partial charge in [0.2, 0.25) is 0 Å². The van der Waals surface area contributed by atoms with Crippen LogP contribution in [0.1, 0.15) is 35.5 Å². The molecule has 0 saturated heterocycles. The first kappa shape index (κ1) is 19.7. The van der Waals surface area contributed by atoms with Gasteiger partial charge in [0, 0.05) is 36.8 Å². The van der Waals surface area contributed by atoms with E-state index in [-0.39, 0.29) is 5.69 Å². The van der Waals surface area contributed by atoms with Crippen LogP contribution >= 0.6 is 11.6 Å². The van der Waals surface area contributed by atoms with E-state index in [0.717, 1.165) is 20.9 Å². The molecule has 0 radical (unpaired) electrons. The van der Waals surface area contributed by atoms with Crippen molar-refractivity contribution in [3.8, 4) is 11.8 Å². The molecule has 0 spiro atoms. The molecule has 0 saturated carbocycles. The van der Waals surface area contributed by atoms with Crippen molar-refractivity contribution < 1.29 is 18.0 Å². The molecule has 2 heterocycles. The van der Waals surface area contributed by atoms with Crippen LogP contribution in [0.5, 0.6) is 0 Å². The molecule has 0 aliphatic rings. The number of carbonyl (C=O) groups excluding carboxylic acids is 1. The first-order chi connectivity index (χ1) is 12.0. The van der Waals surface area contributed by atoms with E-state index in [2.05, 4.69) is 21.8 Å². The Hall–Kier alpha value is -2.59. The number of hydrogen-bond donors (Lipinski definition) is 0. The molecule has 0 fully saturated rings. The highest BCUT2D eigenvalue weighted by molar-refractivity contribution is 6.30. The molecule has 0 atom stereocenters. The van der Waals surface area contributed by atoms with Gasteiger partial charge >= 0.3 is 6.18 Å². The van der Waals surface area contributed by atoms with E-state index in [9.17, 15) is 18.0 Å². The monoisotopic (exact) mass is 381 g/mol. The maximum Gasteiger partial charge on any atom is 0.411 e. The molecule has 26 heavy (non-hydrogen) atoms. The molecule has 0 aliphatic heterocycles. The Morgan fingerprint density at radius 2 is 1.77 bits per heavy atom. The Morgan fingerprint density at radius 1 is 1.12 bits per heavy atom. The number of rotatable bonds is 2. The number of pyridine rings is 2. The summed E-state index contributed by atoms with van der Waals surface area (Å²) in [5, 5.41) is 0.450. The van der Waals surface area contributed by atoms with E-state index in [1.165, 1.54) is 24.5 Å². The van der Waals surface area contributed by atoms with Gasteiger partial charge in [-0.3, -0.25) is 9.78 Å². The minimum atomic E-state index is -4.56. The Bertz CT molecular complexity index is 868. The number of aromatic nitrogens is 2. The summed E-state index contributed by atoms with van der Waals surface area (Å²) in [7, 11) is 1.09. The zero-order valence-electron chi connectivity index (χ0n) is 14.2. The average Bonchev–Trinajstić information content (AvgIpc) is 2.58. The summed E-state index contributed by atoms with van der Waals surface area (Å²) in [5.41, 5.74) is -1.31. The minimum Gasteiger partial charge on any atom is -0.326 e. The maximum absolute atomic E-state index is 13.1. The number of amides is 1. The Kier molecular flexibility index (Phi) is 5.57. The summed E-state index contributed by atoms with van der Waals surface area (Å²) in [6.45, 7) is 1.87. The fraction of sp³-hybridized carbons (Fsp3) is 0.278. The number of hydrogen-bond acceptors (Lipinski definition) is 3. The van der Waals surface area contributed by atoms with Crippen molar-refractivity contribution in [3.05, 3.63) is 58.6 Å². The van der Waals surface area contributed by atoms with Gasteiger partial charge in [-0.05, 0) is 32.0 Å². The highest BCUT2D eigenvalue weighted by atomic mass is 35.5. The normalized spacial score (nSPS) is 11.5. The third kappa shape index (κ3) is 4.33. The summed E-state index contributed by atoms with van der Waals surface area (Å²) in [6.07, 6.45) is -0.216. The lowest BCUT2D eigenvalue weighted by molar-refractivity contribution is -0.208. The Balaban J connectivity index is 2.18. The molecule has 1 amide bonds. The summed E-state index contributed by atoms with van der Waals surface area (Å²) in [6, 6.07) is 4.49. The van der Waals surface area contributed by atoms with Crippen molar-refractivity contribution in [1.82, 2.24) is 14.9 Å². The van der Waals surface area contributed by atoms with Crippen LogP contribution in [-0.2, 0) is 0 Å². The van der Waals surface area contributed by atoms with Crippen molar-refractivity contribution >= 4 is 17.5 Å². The second kappa shape index (κ2) is 7.34. The van der Waals surface area contributed by atoms with E-state index in [1.807, 2.05) is 0 Å². The van der Waals surface area contributed by atoms with Gasteiger partial charge in [-0.2, -0.15) is 13.2 Å². The van der Waals surface area contributed by atoms with Crippen molar-refractivity contribution in [1.29, 1.82) is 0 Å². The van der Waals surface area contributed by atoms with E-state index in [1.54, 1.807) is 12.3 Å². The summed E-state index contributed by atoms with van der Waals surface area (Å²) < 4.78 is 39.2. The number of nitrogens with zero attached hydrogens (tertiary/aromatic N) is 3. The molecule has 2 aromatic heterocycles. The van der Waals surface area contributed by atoms with Gasteiger partial charge in [-0.1, -0.05) is 23.4 Å². The maximum atomic E-state index is 13.1. The van der Waals surface area contributed by atoms with Gasteiger partial charge < -0.3 is 4.90 Å². The van der Waals surface area contributed by atoms with Gasteiger partial charge in [0.05, 0.1) is 5.02 Å². The molecule has 0 aliphatic carbocycles. The van der Waals surface area contributed by atoms with Gasteiger partial charge in [0.25, 0.3) is 5.91 Å². The standard InChI is InChI=1S/C18H15ClF3N3O/c1-17(2,18(20,21)22)25(3)16(26)15-7-6-12(10-24-15)4-5-13-8-14(19)11-23-9-13/h6-11H,1-3H3. The van der Waals surface area contributed by atoms with Crippen LogP contribution in [0.3, 0.4) is 0 Å². The molecule has 2 rings (SSSR count). The molecule has 136 valence electrons. The molecule has 8 heteroatoms. The van der Waals surface area contributed by atoms with Crippen molar-refractivity contribution in [2.45, 2.75) is 25.6 Å². The molecular weight excluding hydrogens is 367 g/mol. The minimum absolute atomic E-state index is 0.0974. The molecule has 0 unspecified atom stereocenters. The lowest BCUT2D eigenvalue weighted by Crippen LogP contribution is -2.55. The molecular formula is C18H15ClF3N3O. The van der Waals surface area contributed by atoms with Crippen molar-refractivity contribution in [2.24, 2.45) is 0 Å². The van der Waals surface area contributed by atoms with Gasteiger partial charge in [0.15, 0.2) is 0 Å². The SMILES string of the molecule is CN(C(=O)c1ccc(C#Cc2cncc(Cl)c2)cn1)C(C)(C)C(F)(F)F. The fourth-order valence-electron chi connectivity index (χ4n) is 1.83. The predicted octanol–water partition coefficient (Wildman–Crippen LogP) is 3.94. The molecule has 2 aromatic rings. The molecule has 4 nitrogen and oxygen atoms in total. The van der Waals surface area contributed by atoms with E-state index >= 15 is 0 Å². The van der Waals surface area contributed by atoms with Crippen LogP contribution in [0.4, 0.5) is 13.2 Å². The molecule has 0 aromatic carbocycles. The van der Waals surface area contributed by atoms with Crippen molar-refractivity contribution in [3.63, 3.8) is 0 Å². The molecule has 0 bridgehead atoms. The van der Waals surface area contributed by atoms with Crippen LogP contribution in [0.25, 0.3) is 0 Å². The van der Waals surface area contributed by atoms with Crippen LogP contribution in [0, 0.1) is 11.8 Å². The van der Waals surface area contributed by atoms with E-state index < -0.39 is 17.6 Å². The van der Waals surface area contributed by atoms with E-state index in [0.29, 0.717) is 21.0 Å². The Labute approximate surface area is 154 Å². The topological polar surface area (TPSA) is 46.1 Å². The lowest BCUT2D eigenvalue weighted by Gasteiger charge is -2.36. The van der Waals surface area contributed by atoms with Crippen LogP contribution in [0.15, 0.2) is 36.8 Å². The lowest BCUT2D eigenvalue weighted by atomic mass is 10.0. The third-order valence-electron chi connectivity index (χ3n) is 3.88. The predicted molar refractivity (Wildman–Crippen MR) is 91.7 cm³/mol. The van der Waals surface area contributed by atoms with Gasteiger partial charge in [-0.25, -0.2) is 4.98 Å². The first-order valence-electron chi connectivity index (χ1n) is 7.46. The quantitative estimate of drug-likeness (QED) is 0.740. The van der Waals surface area contributed by atoms with Crippen molar-refractivity contribution in [2.75, 3.05) is 7.05 Å². The second-order valence-corrected chi connectivity index (χ2v) is 6.43. The largest absolute Gasteiger partial charge is 0.411 e. The second-order valence-electron chi connectivity index (χ2n) is 5.99. The van der Waals surface area contributed by atoms with Crippen LogP contribution in [0.2, 0.25) is 5.02 Å². The first-order valence-corrected chi connectivity index (χ1v) is 7.83. The smallest absolute Gasteiger partial charge is 0.326 e. The number of alkyl halides is 3. The fourth-order valence-corrected chi connectivity index (χ4v) is 2.01. The molecule has 0 N–H and O–H groups in total. The van der Waals surface area contributed by atoms with Gasteiger partial charge in [0.1, 0.15) is 11.2 Å². The summed E-state index contributed by atoms with van der Waals surface area (Å²) in [4.78, 5) is 20.7. The highest BCUT2D eigenvalue weighted by Crippen LogP contribution is 2.34. The summed E-state index contributed by atoms with van der Waals surface area (Å²) >= 11 is 5.82. The number of carbonyl (C=O) groups is 1. The number of halogens is 4. The highest BCUT2D eigenvalue weighted by Gasteiger charge is 2.51. The third-order valence-corrected chi connectivity index (χ3v) is 4.08. The summed E-state index contributed by atoms with van der Waals surface area (Å²) in [5.74, 6) is 4.83. The Morgan fingerprint density at radius 3 is 2.31 bits per heavy atom. The van der Waals surface area contributed by atoms with Crippen LogP contribution < -0.4 is 0 Å². The zero-order valence-corrected chi connectivity index (χ0v) is 15.0.